The summed E-state index contributed by atoms with van der Waals surface area (Å²) in [5.41, 5.74) is 6.15. The maximum absolute atomic E-state index is 10.4. The average Bonchev–Trinajstić information content (AvgIpc) is 3.29. The quantitative estimate of drug-likeness (QED) is 0.323. The predicted molar refractivity (Wildman–Crippen MR) is 130 cm³/mol. The van der Waals surface area contributed by atoms with Gasteiger partial charge in [0.15, 0.2) is 18.9 Å². The Hall–Kier alpha value is -3.55. The molecule has 0 atom stereocenters. The van der Waals surface area contributed by atoms with Crippen molar-refractivity contribution in [2.24, 2.45) is 0 Å². The molecule has 2 aromatic heterocycles. The van der Waals surface area contributed by atoms with Crippen LogP contribution in [0.1, 0.15) is 29.7 Å². The van der Waals surface area contributed by atoms with E-state index in [1.165, 1.54) is 35.4 Å². The lowest BCUT2D eigenvalue weighted by Crippen LogP contribution is -2.31. The molecule has 0 saturated heterocycles. The molecular formula is C27H27N3O3S. The highest BCUT2D eigenvalue weighted by molar-refractivity contribution is 7.85. The Balaban J connectivity index is 0.000000210. The van der Waals surface area contributed by atoms with Crippen LogP contribution in [0.25, 0.3) is 11.3 Å². The number of aromatic nitrogens is 3. The van der Waals surface area contributed by atoms with Crippen LogP contribution in [0.4, 0.5) is 0 Å². The molecule has 4 aromatic rings. The van der Waals surface area contributed by atoms with Crippen molar-refractivity contribution in [1.82, 2.24) is 9.78 Å². The Morgan fingerprint density at radius 2 is 1.65 bits per heavy atom. The van der Waals surface area contributed by atoms with Crippen LogP contribution in [0, 0.1) is 6.92 Å². The summed E-state index contributed by atoms with van der Waals surface area (Å²) in [5.74, 6) is 0. The third-order valence-corrected chi connectivity index (χ3v) is 6.56. The summed E-state index contributed by atoms with van der Waals surface area (Å²) in [7, 11) is -4.27. The lowest BCUT2D eigenvalue weighted by molar-refractivity contribution is -0.686. The number of rotatable bonds is 4. The van der Waals surface area contributed by atoms with Gasteiger partial charge >= 0.3 is 0 Å². The largest absolute Gasteiger partial charge is 0.744 e. The molecule has 0 spiro atoms. The SMILES string of the molecule is C(/C[n+]1ccccc1)=C1/CCCc2c1cnn2-c1ccccc1.Cc1ccc(S(=O)(=O)[O-])cc1. The van der Waals surface area contributed by atoms with Crippen molar-refractivity contribution in [1.29, 1.82) is 0 Å². The van der Waals surface area contributed by atoms with Crippen molar-refractivity contribution in [3.8, 4) is 5.69 Å². The number of hydrogen-bond acceptors (Lipinski definition) is 4. The highest BCUT2D eigenvalue weighted by Crippen LogP contribution is 2.31. The second kappa shape index (κ2) is 10.6. The van der Waals surface area contributed by atoms with Gasteiger partial charge < -0.3 is 4.55 Å². The van der Waals surface area contributed by atoms with Crippen molar-refractivity contribution >= 4 is 15.7 Å². The van der Waals surface area contributed by atoms with Crippen LogP contribution in [-0.4, -0.2) is 22.8 Å². The summed E-state index contributed by atoms with van der Waals surface area (Å²) in [6.07, 6.45) is 12.0. The highest BCUT2D eigenvalue weighted by Gasteiger charge is 2.20. The maximum atomic E-state index is 10.4. The van der Waals surface area contributed by atoms with Gasteiger partial charge in [0.1, 0.15) is 10.1 Å². The molecule has 7 heteroatoms. The van der Waals surface area contributed by atoms with Gasteiger partial charge in [-0.1, -0.05) is 42.0 Å². The Bertz CT molecular complexity index is 1360. The van der Waals surface area contributed by atoms with E-state index in [1.54, 1.807) is 12.1 Å². The third-order valence-electron chi connectivity index (χ3n) is 5.71. The van der Waals surface area contributed by atoms with E-state index >= 15 is 0 Å². The van der Waals surface area contributed by atoms with E-state index < -0.39 is 10.1 Å². The molecule has 0 saturated carbocycles. The van der Waals surface area contributed by atoms with E-state index in [9.17, 15) is 13.0 Å². The summed E-state index contributed by atoms with van der Waals surface area (Å²) in [4.78, 5) is -0.178. The fourth-order valence-corrected chi connectivity index (χ4v) is 4.41. The van der Waals surface area contributed by atoms with Crippen molar-refractivity contribution in [2.45, 2.75) is 37.6 Å². The topological polar surface area (TPSA) is 78.9 Å². The van der Waals surface area contributed by atoms with Crippen LogP contribution in [0.3, 0.4) is 0 Å². The van der Waals surface area contributed by atoms with E-state index in [2.05, 4.69) is 69.2 Å². The lowest BCUT2D eigenvalue weighted by Gasteiger charge is -2.16. The normalized spacial score (nSPS) is 14.2. The molecule has 5 rings (SSSR count). The number of pyridine rings is 1. The second-order valence-corrected chi connectivity index (χ2v) is 9.55. The molecule has 6 nitrogen and oxygen atoms in total. The molecule has 2 aromatic carbocycles. The van der Waals surface area contributed by atoms with Crippen LogP contribution in [0.5, 0.6) is 0 Å². The zero-order chi connectivity index (χ0) is 24.0. The molecule has 0 fully saturated rings. The second-order valence-electron chi connectivity index (χ2n) is 8.17. The summed E-state index contributed by atoms with van der Waals surface area (Å²) >= 11 is 0. The minimum Gasteiger partial charge on any atom is -0.744 e. The van der Waals surface area contributed by atoms with E-state index in [4.69, 9.17) is 0 Å². The van der Waals surface area contributed by atoms with Gasteiger partial charge in [0, 0.05) is 17.7 Å². The summed E-state index contributed by atoms with van der Waals surface area (Å²) in [6.45, 7) is 2.73. The van der Waals surface area contributed by atoms with E-state index in [1.807, 2.05) is 25.3 Å². The lowest BCUT2D eigenvalue weighted by atomic mass is 9.92. The minimum absolute atomic E-state index is 0.178. The maximum Gasteiger partial charge on any atom is 0.169 e. The number of hydrogen-bond donors (Lipinski definition) is 0. The average molecular weight is 474 g/mol. The molecule has 0 radical (unpaired) electrons. The summed E-state index contributed by atoms with van der Waals surface area (Å²) < 4.78 is 35.5. The zero-order valence-electron chi connectivity index (χ0n) is 19.0. The fourth-order valence-electron chi connectivity index (χ4n) is 3.94. The first-order valence-corrected chi connectivity index (χ1v) is 12.6. The summed E-state index contributed by atoms with van der Waals surface area (Å²) in [6, 6.07) is 22.4. The van der Waals surface area contributed by atoms with Crippen LogP contribution in [-0.2, 0) is 23.1 Å². The van der Waals surface area contributed by atoms with Crippen LogP contribution >= 0.6 is 0 Å². The smallest absolute Gasteiger partial charge is 0.169 e. The van der Waals surface area contributed by atoms with E-state index in [0.717, 1.165) is 30.6 Å². The van der Waals surface area contributed by atoms with Crippen molar-refractivity contribution in [2.75, 3.05) is 0 Å². The van der Waals surface area contributed by atoms with Crippen LogP contribution in [0.15, 0.2) is 102 Å². The van der Waals surface area contributed by atoms with Crippen LogP contribution < -0.4 is 4.57 Å². The van der Waals surface area contributed by atoms with Gasteiger partial charge in [0.2, 0.25) is 0 Å². The first-order chi connectivity index (χ1) is 16.4. The Morgan fingerprint density at radius 1 is 0.971 bits per heavy atom. The molecule has 0 bridgehead atoms. The van der Waals surface area contributed by atoms with Crippen molar-refractivity contribution in [3.05, 3.63) is 114 Å². The van der Waals surface area contributed by atoms with Crippen molar-refractivity contribution < 1.29 is 17.5 Å². The van der Waals surface area contributed by atoms with Gasteiger partial charge in [0.05, 0.1) is 22.5 Å². The Morgan fingerprint density at radius 3 is 2.32 bits per heavy atom. The fraction of sp³-hybridized carbons (Fsp3) is 0.185. The van der Waals surface area contributed by atoms with Gasteiger partial charge in [-0.05, 0) is 62.1 Å². The van der Waals surface area contributed by atoms with Gasteiger partial charge in [0.25, 0.3) is 0 Å². The first kappa shape index (κ1) is 23.6. The third kappa shape index (κ3) is 5.87. The highest BCUT2D eigenvalue weighted by atomic mass is 32.2. The van der Waals surface area contributed by atoms with Crippen molar-refractivity contribution in [3.63, 3.8) is 0 Å². The number of aryl methyl sites for hydroxylation is 1. The molecule has 0 aliphatic heterocycles. The number of para-hydroxylation sites is 1. The predicted octanol–water partition coefficient (Wildman–Crippen LogP) is 4.48. The van der Waals surface area contributed by atoms with Crippen LogP contribution in [0.2, 0.25) is 0 Å². The van der Waals surface area contributed by atoms with Gasteiger partial charge in [-0.2, -0.15) is 5.10 Å². The standard InChI is InChI=1S/C20H20N3.C7H8O3S/c1-3-9-18(10-4-1)23-20-11-7-8-17(19(20)16-21-23)12-15-22-13-5-2-6-14-22;1-6-2-4-7(5-3-6)11(8,9)10/h1-6,9-10,12-14,16H,7-8,11,15H2;2-5H,1H3,(H,8,9,10)/q+1;/p-1/b17-12+;. The first-order valence-electron chi connectivity index (χ1n) is 11.2. The number of benzene rings is 2. The molecule has 34 heavy (non-hydrogen) atoms. The Kier molecular flexibility index (Phi) is 7.35. The molecule has 1 aliphatic carbocycles. The molecule has 174 valence electrons. The van der Waals surface area contributed by atoms with Gasteiger partial charge in [-0.15, -0.1) is 0 Å². The Labute approximate surface area is 200 Å². The monoisotopic (exact) mass is 473 g/mol. The molecule has 0 unspecified atom stereocenters. The summed E-state index contributed by atoms with van der Waals surface area (Å²) in [5, 5.41) is 4.64. The minimum atomic E-state index is -4.27. The number of nitrogens with zero attached hydrogens (tertiary/aromatic N) is 3. The molecule has 0 amide bonds. The van der Waals surface area contributed by atoms with E-state index in [-0.39, 0.29) is 4.90 Å². The number of fused-ring (bicyclic) bond motifs is 1. The molecule has 2 heterocycles. The van der Waals surface area contributed by atoms with Gasteiger partial charge in [-0.25, -0.2) is 17.7 Å². The van der Waals surface area contributed by atoms with Gasteiger partial charge in [-0.3, -0.25) is 0 Å². The molecule has 0 N–H and O–H groups in total. The molecule has 1 aliphatic rings. The zero-order valence-corrected chi connectivity index (χ0v) is 19.9. The number of allylic oxidation sites excluding steroid dienone is 2. The van der Waals surface area contributed by atoms with E-state index in [0.29, 0.717) is 0 Å². The molecular weight excluding hydrogens is 446 g/mol.